The molecule has 0 bridgehead atoms. The number of nitrogens with one attached hydrogen (secondary N) is 1. The van der Waals surface area contributed by atoms with E-state index in [1.807, 2.05) is 43.6 Å². The first kappa shape index (κ1) is 11.0. The van der Waals surface area contributed by atoms with Gasteiger partial charge < -0.3 is 9.88 Å². The van der Waals surface area contributed by atoms with Crippen LogP contribution in [0.1, 0.15) is 5.82 Å². The van der Waals surface area contributed by atoms with Gasteiger partial charge >= 0.3 is 0 Å². The van der Waals surface area contributed by atoms with Crippen LogP contribution >= 0.6 is 11.6 Å². The molecule has 0 atom stereocenters. The summed E-state index contributed by atoms with van der Waals surface area (Å²) in [6.45, 7) is 3.76. The van der Waals surface area contributed by atoms with E-state index in [1.165, 1.54) is 0 Å². The summed E-state index contributed by atoms with van der Waals surface area (Å²) in [4.78, 5) is 4.17. The molecule has 0 saturated heterocycles. The van der Waals surface area contributed by atoms with Crippen molar-refractivity contribution in [2.24, 2.45) is 0 Å². The van der Waals surface area contributed by atoms with Crippen molar-refractivity contribution in [1.29, 1.82) is 0 Å². The standard InChI is InChI=1S/C12H14ClN3/c1-10-14-5-7-16(10)8-6-15-12-4-2-3-11(13)9-12/h2-5,7,9,15H,6,8H2,1H3. The van der Waals surface area contributed by atoms with Crippen LogP contribution in [-0.2, 0) is 6.54 Å². The molecular weight excluding hydrogens is 222 g/mol. The predicted octanol–water partition coefficient (Wildman–Crippen LogP) is 2.96. The summed E-state index contributed by atoms with van der Waals surface area (Å²) in [5.74, 6) is 1.04. The van der Waals surface area contributed by atoms with Gasteiger partial charge in [-0.3, -0.25) is 0 Å². The molecule has 0 spiro atoms. The van der Waals surface area contributed by atoms with E-state index in [2.05, 4.69) is 14.9 Å². The average molecular weight is 236 g/mol. The molecule has 0 saturated carbocycles. The van der Waals surface area contributed by atoms with Crippen LogP contribution in [0.3, 0.4) is 0 Å². The zero-order chi connectivity index (χ0) is 11.4. The molecule has 0 amide bonds. The zero-order valence-corrected chi connectivity index (χ0v) is 9.91. The molecule has 0 aliphatic rings. The molecule has 1 aromatic carbocycles. The third-order valence-corrected chi connectivity index (χ3v) is 2.67. The molecule has 0 aliphatic carbocycles. The van der Waals surface area contributed by atoms with Crippen LogP contribution in [0.15, 0.2) is 36.7 Å². The Hall–Kier alpha value is -1.48. The van der Waals surface area contributed by atoms with Gasteiger partial charge in [0.15, 0.2) is 0 Å². The van der Waals surface area contributed by atoms with Gasteiger partial charge in [0.25, 0.3) is 0 Å². The van der Waals surface area contributed by atoms with Crippen molar-refractivity contribution in [2.45, 2.75) is 13.5 Å². The minimum atomic E-state index is 0.754. The molecule has 4 heteroatoms. The van der Waals surface area contributed by atoms with Crippen LogP contribution in [0.2, 0.25) is 5.02 Å². The first-order valence-corrected chi connectivity index (χ1v) is 5.61. The lowest BCUT2D eigenvalue weighted by molar-refractivity contribution is 0.701. The molecule has 16 heavy (non-hydrogen) atoms. The highest BCUT2D eigenvalue weighted by atomic mass is 35.5. The Morgan fingerprint density at radius 2 is 2.31 bits per heavy atom. The second-order valence-corrected chi connectivity index (χ2v) is 4.04. The molecule has 0 aliphatic heterocycles. The van der Waals surface area contributed by atoms with Crippen LogP contribution in [0.4, 0.5) is 5.69 Å². The quantitative estimate of drug-likeness (QED) is 0.883. The van der Waals surface area contributed by atoms with Gasteiger partial charge in [0.2, 0.25) is 0 Å². The smallest absolute Gasteiger partial charge is 0.105 e. The number of nitrogens with zero attached hydrogens (tertiary/aromatic N) is 2. The SMILES string of the molecule is Cc1nccn1CCNc1cccc(Cl)c1. The highest BCUT2D eigenvalue weighted by molar-refractivity contribution is 6.30. The van der Waals surface area contributed by atoms with Gasteiger partial charge in [0, 0.05) is 36.2 Å². The van der Waals surface area contributed by atoms with Crippen LogP contribution in [0.5, 0.6) is 0 Å². The van der Waals surface area contributed by atoms with E-state index in [-0.39, 0.29) is 0 Å². The zero-order valence-electron chi connectivity index (χ0n) is 9.15. The van der Waals surface area contributed by atoms with E-state index in [0.29, 0.717) is 0 Å². The third kappa shape index (κ3) is 2.76. The molecule has 0 unspecified atom stereocenters. The molecule has 1 heterocycles. The maximum Gasteiger partial charge on any atom is 0.105 e. The van der Waals surface area contributed by atoms with E-state index >= 15 is 0 Å². The molecule has 84 valence electrons. The number of halogens is 1. The highest BCUT2D eigenvalue weighted by Crippen LogP contribution is 2.14. The lowest BCUT2D eigenvalue weighted by Gasteiger charge is -2.08. The van der Waals surface area contributed by atoms with Crippen molar-refractivity contribution < 1.29 is 0 Å². The van der Waals surface area contributed by atoms with Crippen LogP contribution in [0.25, 0.3) is 0 Å². The van der Waals surface area contributed by atoms with Crippen molar-refractivity contribution in [3.63, 3.8) is 0 Å². The lowest BCUT2D eigenvalue weighted by Crippen LogP contribution is -2.10. The van der Waals surface area contributed by atoms with Crippen LogP contribution in [-0.4, -0.2) is 16.1 Å². The van der Waals surface area contributed by atoms with Crippen molar-refractivity contribution in [3.05, 3.63) is 47.5 Å². The fraction of sp³-hybridized carbons (Fsp3) is 0.250. The largest absolute Gasteiger partial charge is 0.383 e. The van der Waals surface area contributed by atoms with Crippen molar-refractivity contribution >= 4 is 17.3 Å². The lowest BCUT2D eigenvalue weighted by atomic mass is 10.3. The Morgan fingerprint density at radius 1 is 1.44 bits per heavy atom. The predicted molar refractivity (Wildman–Crippen MR) is 66.9 cm³/mol. The van der Waals surface area contributed by atoms with Gasteiger partial charge in [-0.2, -0.15) is 0 Å². The monoisotopic (exact) mass is 235 g/mol. The Balaban J connectivity index is 1.87. The Bertz CT molecular complexity index is 465. The molecule has 1 N–H and O–H groups in total. The molecule has 2 aromatic rings. The number of benzene rings is 1. The van der Waals surface area contributed by atoms with Gasteiger partial charge in [-0.1, -0.05) is 17.7 Å². The van der Waals surface area contributed by atoms with Gasteiger partial charge in [-0.05, 0) is 25.1 Å². The number of hydrogen-bond acceptors (Lipinski definition) is 2. The number of imidazole rings is 1. The first-order valence-electron chi connectivity index (χ1n) is 5.23. The number of aromatic nitrogens is 2. The van der Waals surface area contributed by atoms with E-state index in [4.69, 9.17) is 11.6 Å². The maximum absolute atomic E-state index is 5.89. The summed E-state index contributed by atoms with van der Waals surface area (Å²) < 4.78 is 2.11. The summed E-state index contributed by atoms with van der Waals surface area (Å²) in [5, 5.41) is 4.07. The molecule has 0 radical (unpaired) electrons. The minimum absolute atomic E-state index is 0.754. The van der Waals surface area contributed by atoms with E-state index in [0.717, 1.165) is 29.6 Å². The fourth-order valence-corrected chi connectivity index (χ4v) is 1.75. The van der Waals surface area contributed by atoms with Gasteiger partial charge in [0.1, 0.15) is 5.82 Å². The summed E-state index contributed by atoms with van der Waals surface area (Å²) in [7, 11) is 0. The highest BCUT2D eigenvalue weighted by Gasteiger charge is 1.96. The number of hydrogen-bond donors (Lipinski definition) is 1. The average Bonchev–Trinajstić information content (AvgIpc) is 2.65. The first-order chi connectivity index (χ1) is 7.75. The van der Waals surface area contributed by atoms with Gasteiger partial charge in [-0.15, -0.1) is 0 Å². The van der Waals surface area contributed by atoms with Gasteiger partial charge in [0.05, 0.1) is 0 Å². The minimum Gasteiger partial charge on any atom is -0.383 e. The van der Waals surface area contributed by atoms with E-state index in [1.54, 1.807) is 0 Å². The molecule has 0 fully saturated rings. The number of aryl methyl sites for hydroxylation is 1. The summed E-state index contributed by atoms with van der Waals surface area (Å²) in [6, 6.07) is 7.73. The van der Waals surface area contributed by atoms with Crippen LogP contribution < -0.4 is 5.32 Å². The molecule has 2 rings (SSSR count). The molecule has 1 aromatic heterocycles. The van der Waals surface area contributed by atoms with Crippen molar-refractivity contribution in [1.82, 2.24) is 9.55 Å². The van der Waals surface area contributed by atoms with Crippen molar-refractivity contribution in [2.75, 3.05) is 11.9 Å². The molecular formula is C12H14ClN3. The second kappa shape index (κ2) is 5.03. The summed E-state index contributed by atoms with van der Waals surface area (Å²) in [6.07, 6.45) is 3.80. The fourth-order valence-electron chi connectivity index (χ4n) is 1.56. The van der Waals surface area contributed by atoms with Gasteiger partial charge in [-0.25, -0.2) is 4.98 Å². The Morgan fingerprint density at radius 3 is 3.00 bits per heavy atom. The Labute approximate surface area is 100 Å². The molecule has 3 nitrogen and oxygen atoms in total. The topological polar surface area (TPSA) is 29.9 Å². The van der Waals surface area contributed by atoms with E-state index < -0.39 is 0 Å². The maximum atomic E-state index is 5.89. The third-order valence-electron chi connectivity index (χ3n) is 2.43. The van der Waals surface area contributed by atoms with Crippen molar-refractivity contribution in [3.8, 4) is 0 Å². The Kier molecular flexibility index (Phi) is 3.47. The van der Waals surface area contributed by atoms with Crippen LogP contribution in [0, 0.1) is 6.92 Å². The number of rotatable bonds is 4. The second-order valence-electron chi connectivity index (χ2n) is 3.60. The summed E-state index contributed by atoms with van der Waals surface area (Å²) in [5.41, 5.74) is 1.05. The number of anilines is 1. The summed E-state index contributed by atoms with van der Waals surface area (Å²) >= 11 is 5.89. The normalized spacial score (nSPS) is 10.4. The van der Waals surface area contributed by atoms with E-state index in [9.17, 15) is 0 Å².